The van der Waals surface area contributed by atoms with Crippen LogP contribution in [-0.4, -0.2) is 40.7 Å². The number of rotatable bonds is 8. The van der Waals surface area contributed by atoms with E-state index in [4.69, 9.17) is 5.11 Å². The minimum Gasteiger partial charge on any atom is -0.396 e. The molecule has 0 fully saturated rings. The third-order valence-corrected chi connectivity index (χ3v) is 3.59. The number of nitrogens with zero attached hydrogens (tertiary/aromatic N) is 2. The van der Waals surface area contributed by atoms with Gasteiger partial charge in [0.1, 0.15) is 0 Å². The lowest BCUT2D eigenvalue weighted by Gasteiger charge is -2.21. The Morgan fingerprint density at radius 3 is 2.74 bits per heavy atom. The van der Waals surface area contributed by atoms with Crippen LogP contribution in [0, 0.1) is 0 Å². The highest BCUT2D eigenvalue weighted by molar-refractivity contribution is 7.13. The van der Waals surface area contributed by atoms with E-state index in [0.29, 0.717) is 24.6 Å². The quantitative estimate of drug-likeness (QED) is 0.772. The highest BCUT2D eigenvalue weighted by atomic mass is 32.1. The summed E-state index contributed by atoms with van der Waals surface area (Å²) in [5.74, 6) is 0. The van der Waals surface area contributed by atoms with Gasteiger partial charge in [-0.2, -0.15) is 0 Å². The Balaban J connectivity index is 2.54. The van der Waals surface area contributed by atoms with Gasteiger partial charge in [0.25, 0.3) is 0 Å². The molecule has 1 aromatic rings. The summed E-state index contributed by atoms with van der Waals surface area (Å²) >= 11 is 1.45. The number of carbonyl (C=O) groups excluding carboxylic acids is 1. The maximum absolute atomic E-state index is 12.1. The van der Waals surface area contributed by atoms with Gasteiger partial charge < -0.3 is 10.0 Å². The van der Waals surface area contributed by atoms with Gasteiger partial charge in [-0.15, -0.1) is 11.3 Å². The predicted octanol–water partition coefficient (Wildman–Crippen LogP) is 2.72. The number of unbranched alkanes of at least 4 members (excludes halogenated alkanes) is 1. The molecule has 0 unspecified atom stereocenters. The summed E-state index contributed by atoms with van der Waals surface area (Å²) in [6.45, 7) is 5.53. The van der Waals surface area contributed by atoms with Crippen molar-refractivity contribution in [3.05, 3.63) is 11.1 Å². The van der Waals surface area contributed by atoms with Gasteiger partial charge in [-0.1, -0.05) is 20.3 Å². The van der Waals surface area contributed by atoms with Crippen LogP contribution in [0.25, 0.3) is 0 Å². The van der Waals surface area contributed by atoms with Gasteiger partial charge in [-0.25, -0.2) is 9.78 Å². The summed E-state index contributed by atoms with van der Waals surface area (Å²) in [4.78, 5) is 18.2. The second-order valence-corrected chi connectivity index (χ2v) is 5.20. The van der Waals surface area contributed by atoms with Crippen molar-refractivity contribution in [1.82, 2.24) is 9.88 Å². The van der Waals surface area contributed by atoms with Gasteiger partial charge in [-0.05, 0) is 19.3 Å². The Kier molecular flexibility index (Phi) is 7.43. The van der Waals surface area contributed by atoms with Crippen molar-refractivity contribution in [2.45, 2.75) is 39.5 Å². The lowest BCUT2D eigenvalue weighted by atomic mass is 10.3. The van der Waals surface area contributed by atoms with Gasteiger partial charge in [0.15, 0.2) is 5.13 Å². The number of aryl methyl sites for hydroxylation is 1. The minimum absolute atomic E-state index is 0.104. The number of hydrogen-bond acceptors (Lipinski definition) is 4. The highest BCUT2D eigenvalue weighted by Crippen LogP contribution is 2.16. The minimum atomic E-state index is -0.126. The molecule has 1 rings (SSSR count). The van der Waals surface area contributed by atoms with Gasteiger partial charge in [0.2, 0.25) is 0 Å². The second kappa shape index (κ2) is 8.87. The summed E-state index contributed by atoms with van der Waals surface area (Å²) in [6.07, 6.45) is 3.49. The molecule has 0 atom stereocenters. The Morgan fingerprint density at radius 2 is 2.16 bits per heavy atom. The molecule has 1 heterocycles. The molecule has 1 aromatic heterocycles. The molecule has 19 heavy (non-hydrogen) atoms. The molecular weight excluding hydrogens is 262 g/mol. The maximum atomic E-state index is 12.1. The van der Waals surface area contributed by atoms with E-state index in [2.05, 4.69) is 17.2 Å². The first kappa shape index (κ1) is 15.9. The highest BCUT2D eigenvalue weighted by Gasteiger charge is 2.14. The van der Waals surface area contributed by atoms with Crippen LogP contribution in [0.5, 0.6) is 0 Å². The number of carbonyl (C=O) groups is 1. The molecule has 0 spiro atoms. The molecule has 0 saturated carbocycles. The topological polar surface area (TPSA) is 65.5 Å². The van der Waals surface area contributed by atoms with Crippen LogP contribution in [0.15, 0.2) is 5.38 Å². The number of amides is 2. The summed E-state index contributed by atoms with van der Waals surface area (Å²) < 4.78 is 0. The fourth-order valence-corrected chi connectivity index (χ4v) is 2.41. The average Bonchev–Trinajstić information content (AvgIpc) is 2.86. The normalized spacial score (nSPS) is 10.5. The molecule has 0 bridgehead atoms. The third kappa shape index (κ3) is 5.57. The number of hydrogen-bond donors (Lipinski definition) is 2. The average molecular weight is 285 g/mol. The molecule has 108 valence electrons. The van der Waals surface area contributed by atoms with Crippen molar-refractivity contribution in [2.75, 3.05) is 25.0 Å². The standard InChI is InChI=1S/C13H23N3O2S/c1-3-5-7-16(8-6-9-17)13(18)15-12-14-11(4-2)10-19-12/h10,17H,3-9H2,1-2H3,(H,14,15,18). The maximum Gasteiger partial charge on any atom is 0.323 e. The second-order valence-electron chi connectivity index (χ2n) is 4.35. The fraction of sp³-hybridized carbons (Fsp3) is 0.692. The van der Waals surface area contributed by atoms with Crippen molar-refractivity contribution >= 4 is 22.5 Å². The number of aliphatic hydroxyl groups excluding tert-OH is 1. The van der Waals surface area contributed by atoms with Crippen LogP contribution >= 0.6 is 11.3 Å². The Hall–Kier alpha value is -1.14. The van der Waals surface area contributed by atoms with E-state index in [1.807, 2.05) is 12.3 Å². The van der Waals surface area contributed by atoms with Crippen molar-refractivity contribution in [3.8, 4) is 0 Å². The number of aromatic nitrogens is 1. The van der Waals surface area contributed by atoms with E-state index in [0.717, 1.165) is 25.0 Å². The van der Waals surface area contributed by atoms with Crippen LogP contribution in [0.3, 0.4) is 0 Å². The van der Waals surface area contributed by atoms with Crippen molar-refractivity contribution in [1.29, 1.82) is 0 Å². The summed E-state index contributed by atoms with van der Waals surface area (Å²) in [7, 11) is 0. The van der Waals surface area contributed by atoms with E-state index in [1.165, 1.54) is 11.3 Å². The van der Waals surface area contributed by atoms with Crippen molar-refractivity contribution in [2.24, 2.45) is 0 Å². The number of urea groups is 1. The van der Waals surface area contributed by atoms with Crippen LogP contribution in [0.2, 0.25) is 0 Å². The molecule has 6 heteroatoms. The summed E-state index contributed by atoms with van der Waals surface area (Å²) in [5, 5.41) is 14.3. The molecule has 0 radical (unpaired) electrons. The molecule has 5 nitrogen and oxygen atoms in total. The van der Waals surface area contributed by atoms with E-state index in [1.54, 1.807) is 4.90 Å². The smallest absolute Gasteiger partial charge is 0.323 e. The first-order valence-electron chi connectivity index (χ1n) is 6.82. The van der Waals surface area contributed by atoms with E-state index >= 15 is 0 Å². The van der Waals surface area contributed by atoms with E-state index < -0.39 is 0 Å². The zero-order chi connectivity index (χ0) is 14.1. The summed E-state index contributed by atoms with van der Waals surface area (Å²) in [6, 6.07) is -0.126. The van der Waals surface area contributed by atoms with E-state index in [9.17, 15) is 4.79 Å². The number of aliphatic hydroxyl groups is 1. The molecule has 0 aromatic carbocycles. The molecule has 0 aliphatic rings. The van der Waals surface area contributed by atoms with Gasteiger partial charge in [0, 0.05) is 25.1 Å². The monoisotopic (exact) mass is 285 g/mol. The zero-order valence-corrected chi connectivity index (χ0v) is 12.5. The van der Waals surface area contributed by atoms with Crippen LogP contribution in [-0.2, 0) is 6.42 Å². The molecule has 0 aliphatic heterocycles. The lowest BCUT2D eigenvalue weighted by molar-refractivity contribution is 0.201. The molecular formula is C13H23N3O2S. The van der Waals surface area contributed by atoms with Crippen molar-refractivity contribution < 1.29 is 9.90 Å². The SMILES string of the molecule is CCCCN(CCCO)C(=O)Nc1nc(CC)cs1. The summed E-state index contributed by atoms with van der Waals surface area (Å²) in [5.41, 5.74) is 0.996. The molecule has 0 aliphatic carbocycles. The third-order valence-electron chi connectivity index (χ3n) is 2.78. The van der Waals surface area contributed by atoms with Crippen molar-refractivity contribution in [3.63, 3.8) is 0 Å². The van der Waals surface area contributed by atoms with Crippen LogP contribution in [0.1, 0.15) is 38.8 Å². The van der Waals surface area contributed by atoms with Crippen LogP contribution in [0.4, 0.5) is 9.93 Å². The van der Waals surface area contributed by atoms with Gasteiger partial charge >= 0.3 is 6.03 Å². The Bertz CT molecular complexity index is 374. The van der Waals surface area contributed by atoms with Gasteiger partial charge in [0.05, 0.1) is 5.69 Å². The molecule has 2 N–H and O–H groups in total. The van der Waals surface area contributed by atoms with Crippen LogP contribution < -0.4 is 5.32 Å². The lowest BCUT2D eigenvalue weighted by Crippen LogP contribution is -2.36. The number of anilines is 1. The fourth-order valence-electron chi connectivity index (χ4n) is 1.62. The number of nitrogens with one attached hydrogen (secondary N) is 1. The molecule has 2 amide bonds. The molecule has 0 saturated heterocycles. The largest absolute Gasteiger partial charge is 0.396 e. The Labute approximate surface area is 118 Å². The zero-order valence-electron chi connectivity index (χ0n) is 11.7. The first-order chi connectivity index (χ1) is 9.21. The van der Waals surface area contributed by atoms with Gasteiger partial charge in [-0.3, -0.25) is 5.32 Å². The Morgan fingerprint density at radius 1 is 1.42 bits per heavy atom. The predicted molar refractivity (Wildman–Crippen MR) is 78.7 cm³/mol. The number of thiazole rings is 1. The van der Waals surface area contributed by atoms with E-state index in [-0.39, 0.29) is 12.6 Å². The first-order valence-corrected chi connectivity index (χ1v) is 7.70.